The first kappa shape index (κ1) is 16.1. The first-order valence-corrected chi connectivity index (χ1v) is 8.10. The molecule has 2 heterocycles. The van der Waals surface area contributed by atoms with E-state index in [-0.39, 0.29) is 17.0 Å². The molecule has 0 unspecified atom stereocenters. The van der Waals surface area contributed by atoms with Gasteiger partial charge in [-0.15, -0.1) is 11.3 Å². The summed E-state index contributed by atoms with van der Waals surface area (Å²) in [4.78, 5) is 31.7. The molecule has 0 saturated carbocycles. The van der Waals surface area contributed by atoms with Crippen LogP contribution in [0.25, 0.3) is 10.2 Å². The van der Waals surface area contributed by atoms with Crippen molar-refractivity contribution in [3.8, 4) is 5.75 Å². The summed E-state index contributed by atoms with van der Waals surface area (Å²) in [5.41, 5.74) is 0.563. The van der Waals surface area contributed by atoms with Crippen LogP contribution in [0.5, 0.6) is 5.75 Å². The zero-order valence-corrected chi connectivity index (χ0v) is 14.1. The van der Waals surface area contributed by atoms with E-state index in [4.69, 9.17) is 4.74 Å². The van der Waals surface area contributed by atoms with Crippen molar-refractivity contribution in [1.29, 1.82) is 0 Å². The van der Waals surface area contributed by atoms with Crippen molar-refractivity contribution >= 4 is 27.2 Å². The highest BCUT2D eigenvalue weighted by atomic mass is 32.1. The average molecular weight is 345 g/mol. The van der Waals surface area contributed by atoms with Crippen molar-refractivity contribution < 1.29 is 9.66 Å². The van der Waals surface area contributed by atoms with Crippen LogP contribution in [0.3, 0.4) is 0 Å². The maximum absolute atomic E-state index is 12.3. The van der Waals surface area contributed by atoms with Crippen LogP contribution in [-0.4, -0.2) is 14.9 Å². The van der Waals surface area contributed by atoms with E-state index in [0.29, 0.717) is 16.0 Å². The van der Waals surface area contributed by atoms with Gasteiger partial charge in [-0.1, -0.05) is 12.1 Å². The van der Waals surface area contributed by atoms with Crippen LogP contribution in [0, 0.1) is 24.0 Å². The second kappa shape index (κ2) is 6.04. The number of ether oxygens (including phenoxy) is 1. The van der Waals surface area contributed by atoms with Gasteiger partial charge in [0.2, 0.25) is 0 Å². The normalized spacial score (nSPS) is 12.3. The Morgan fingerprint density at radius 3 is 2.75 bits per heavy atom. The van der Waals surface area contributed by atoms with Crippen LogP contribution >= 0.6 is 11.3 Å². The Morgan fingerprint density at radius 1 is 1.33 bits per heavy atom. The summed E-state index contributed by atoms with van der Waals surface area (Å²) in [6.45, 7) is 5.51. The summed E-state index contributed by atoms with van der Waals surface area (Å²) in [6.07, 6.45) is -0.633. The molecule has 0 fully saturated rings. The minimum atomic E-state index is -0.633. The summed E-state index contributed by atoms with van der Waals surface area (Å²) < 4.78 is 5.66. The summed E-state index contributed by atoms with van der Waals surface area (Å²) in [7, 11) is 0. The number of thiophene rings is 1. The van der Waals surface area contributed by atoms with Gasteiger partial charge in [-0.25, -0.2) is 4.98 Å². The van der Waals surface area contributed by atoms with Crippen LogP contribution in [0.4, 0.5) is 5.69 Å². The SMILES string of the molecule is Cc1sc2nc([C@@H](C)Oc3ccccc3[N+](=O)[O-])[nH]c(=O)c2c1C. The van der Waals surface area contributed by atoms with Gasteiger partial charge in [-0.3, -0.25) is 14.9 Å². The van der Waals surface area contributed by atoms with Crippen LogP contribution in [-0.2, 0) is 0 Å². The molecule has 0 spiro atoms. The summed E-state index contributed by atoms with van der Waals surface area (Å²) >= 11 is 1.44. The van der Waals surface area contributed by atoms with Crippen LogP contribution in [0.1, 0.15) is 29.3 Å². The predicted molar refractivity (Wildman–Crippen MR) is 91.9 cm³/mol. The lowest BCUT2D eigenvalue weighted by atomic mass is 10.2. The number of H-pyrrole nitrogens is 1. The number of para-hydroxylation sites is 2. The molecule has 24 heavy (non-hydrogen) atoms. The van der Waals surface area contributed by atoms with Crippen LogP contribution in [0.15, 0.2) is 29.1 Å². The predicted octanol–water partition coefficient (Wildman–Crippen LogP) is 3.65. The van der Waals surface area contributed by atoms with Gasteiger partial charge >= 0.3 is 5.69 Å². The zero-order chi connectivity index (χ0) is 17.4. The molecule has 1 atom stereocenters. The number of fused-ring (bicyclic) bond motifs is 1. The number of aromatic nitrogens is 2. The lowest BCUT2D eigenvalue weighted by Gasteiger charge is -2.13. The van der Waals surface area contributed by atoms with Gasteiger partial charge in [0.1, 0.15) is 4.83 Å². The Bertz CT molecular complexity index is 993. The Balaban J connectivity index is 1.99. The smallest absolute Gasteiger partial charge is 0.310 e. The number of aryl methyl sites for hydroxylation is 2. The standard InChI is InChI=1S/C16H15N3O4S/c1-8-10(3)24-16-13(8)15(20)17-14(18-16)9(2)23-12-7-5-4-6-11(12)19(21)22/h4-7,9H,1-3H3,(H,17,18,20)/t9-/m1/s1. The molecule has 0 aliphatic rings. The average Bonchev–Trinajstić information content (AvgIpc) is 2.82. The van der Waals surface area contributed by atoms with E-state index in [1.54, 1.807) is 19.1 Å². The molecule has 1 aromatic carbocycles. The highest BCUT2D eigenvalue weighted by Gasteiger charge is 2.20. The molecule has 2 aromatic heterocycles. The van der Waals surface area contributed by atoms with E-state index >= 15 is 0 Å². The number of benzene rings is 1. The largest absolute Gasteiger partial charge is 0.476 e. The van der Waals surface area contributed by atoms with E-state index in [1.165, 1.54) is 23.5 Å². The molecule has 0 aliphatic heterocycles. The number of rotatable bonds is 4. The number of nitrogens with zero attached hydrogens (tertiary/aromatic N) is 2. The topological polar surface area (TPSA) is 98.1 Å². The third-order valence-electron chi connectivity index (χ3n) is 3.81. The minimum Gasteiger partial charge on any atom is -0.476 e. The monoisotopic (exact) mass is 345 g/mol. The van der Waals surface area contributed by atoms with Crippen molar-refractivity contribution in [2.75, 3.05) is 0 Å². The Kier molecular flexibility index (Phi) is 4.06. The maximum Gasteiger partial charge on any atom is 0.310 e. The van der Waals surface area contributed by atoms with Crippen molar-refractivity contribution in [1.82, 2.24) is 9.97 Å². The van der Waals surface area contributed by atoms with Crippen molar-refractivity contribution in [3.63, 3.8) is 0 Å². The lowest BCUT2D eigenvalue weighted by molar-refractivity contribution is -0.386. The fourth-order valence-corrected chi connectivity index (χ4v) is 3.45. The third kappa shape index (κ3) is 2.76. The van der Waals surface area contributed by atoms with Gasteiger partial charge in [0, 0.05) is 10.9 Å². The number of hydrogen-bond acceptors (Lipinski definition) is 6. The van der Waals surface area contributed by atoms with E-state index < -0.39 is 11.0 Å². The van der Waals surface area contributed by atoms with Crippen LogP contribution < -0.4 is 10.3 Å². The number of aromatic amines is 1. The summed E-state index contributed by atoms with van der Waals surface area (Å²) in [5, 5.41) is 11.6. The molecule has 124 valence electrons. The van der Waals surface area contributed by atoms with Crippen LogP contribution in [0.2, 0.25) is 0 Å². The minimum absolute atomic E-state index is 0.129. The molecule has 7 nitrogen and oxygen atoms in total. The van der Waals surface area contributed by atoms with Crippen molar-refractivity contribution in [2.24, 2.45) is 0 Å². The molecule has 0 saturated heterocycles. The fraction of sp³-hybridized carbons (Fsp3) is 0.250. The van der Waals surface area contributed by atoms with E-state index in [1.807, 2.05) is 13.8 Å². The second-order valence-corrected chi connectivity index (χ2v) is 6.60. The van der Waals surface area contributed by atoms with E-state index in [2.05, 4.69) is 9.97 Å². The highest BCUT2D eigenvalue weighted by Crippen LogP contribution is 2.31. The molecule has 0 amide bonds. The fourth-order valence-electron chi connectivity index (χ4n) is 2.42. The van der Waals surface area contributed by atoms with E-state index in [9.17, 15) is 14.9 Å². The second-order valence-electron chi connectivity index (χ2n) is 5.40. The summed E-state index contributed by atoms with van der Waals surface area (Å²) in [6, 6.07) is 6.11. The number of hydrogen-bond donors (Lipinski definition) is 1. The first-order chi connectivity index (χ1) is 11.4. The number of nitro groups is 1. The van der Waals surface area contributed by atoms with Crippen molar-refractivity contribution in [2.45, 2.75) is 26.9 Å². The molecular weight excluding hydrogens is 330 g/mol. The molecule has 0 bridgehead atoms. The summed E-state index contributed by atoms with van der Waals surface area (Å²) in [5.74, 6) is 0.475. The van der Waals surface area contributed by atoms with Gasteiger partial charge < -0.3 is 9.72 Å². The first-order valence-electron chi connectivity index (χ1n) is 7.28. The molecular formula is C16H15N3O4S. The third-order valence-corrected chi connectivity index (χ3v) is 4.91. The maximum atomic E-state index is 12.3. The molecule has 0 aliphatic carbocycles. The molecule has 1 N–H and O–H groups in total. The lowest BCUT2D eigenvalue weighted by Crippen LogP contribution is -2.16. The van der Waals surface area contributed by atoms with Gasteiger partial charge in [0.25, 0.3) is 5.56 Å². The van der Waals surface area contributed by atoms with Gasteiger partial charge in [0.15, 0.2) is 17.7 Å². The van der Waals surface area contributed by atoms with Crippen molar-refractivity contribution in [3.05, 3.63) is 61.0 Å². The quantitative estimate of drug-likeness (QED) is 0.575. The Hall–Kier alpha value is -2.74. The number of nitrogens with one attached hydrogen (secondary N) is 1. The number of nitro benzene ring substituents is 1. The Labute approximate surface area is 141 Å². The Morgan fingerprint density at radius 2 is 2.04 bits per heavy atom. The van der Waals surface area contributed by atoms with Gasteiger partial charge in [-0.2, -0.15) is 0 Å². The van der Waals surface area contributed by atoms with Gasteiger partial charge in [0.05, 0.1) is 10.3 Å². The molecule has 3 aromatic rings. The van der Waals surface area contributed by atoms with E-state index in [0.717, 1.165) is 10.4 Å². The van der Waals surface area contributed by atoms with Gasteiger partial charge in [-0.05, 0) is 32.4 Å². The molecule has 8 heteroatoms. The highest BCUT2D eigenvalue weighted by molar-refractivity contribution is 7.18. The molecule has 0 radical (unpaired) electrons. The molecule has 3 rings (SSSR count). The zero-order valence-electron chi connectivity index (χ0n) is 13.3.